The first kappa shape index (κ1) is 9.59. The summed E-state index contributed by atoms with van der Waals surface area (Å²) in [7, 11) is 0. The fourth-order valence-corrected chi connectivity index (χ4v) is 1.78. The van der Waals surface area contributed by atoms with Crippen LogP contribution in [0.25, 0.3) is 16.6 Å². The Balaban J connectivity index is 2.51. The van der Waals surface area contributed by atoms with Gasteiger partial charge in [-0.15, -0.1) is 0 Å². The highest BCUT2D eigenvalue weighted by atomic mass is 16.1. The molecule has 0 radical (unpaired) electrons. The van der Waals surface area contributed by atoms with Crippen molar-refractivity contribution in [3.63, 3.8) is 0 Å². The van der Waals surface area contributed by atoms with Gasteiger partial charge < -0.3 is 10.7 Å². The highest BCUT2D eigenvalue weighted by Gasteiger charge is 2.10. The Morgan fingerprint density at radius 2 is 2.12 bits per heavy atom. The number of nitrogens with zero attached hydrogens (tertiary/aromatic N) is 2. The van der Waals surface area contributed by atoms with Gasteiger partial charge in [-0.05, 0) is 12.1 Å². The molecule has 1 aromatic carbocycles. The third-order valence-corrected chi connectivity index (χ3v) is 2.57. The quantitative estimate of drug-likeness (QED) is 0.626. The number of amides is 1. The number of aromatic amines is 1. The summed E-state index contributed by atoms with van der Waals surface area (Å²) in [5.41, 5.74) is 6.05. The van der Waals surface area contributed by atoms with Crippen LogP contribution in [0.5, 0.6) is 0 Å². The maximum absolute atomic E-state index is 12.1. The Bertz CT molecular complexity index is 800. The van der Waals surface area contributed by atoms with E-state index < -0.39 is 5.91 Å². The number of carbonyl (C=O) groups excluding carboxylic acids is 1. The number of primary amides is 1. The minimum atomic E-state index is -0.662. The van der Waals surface area contributed by atoms with Crippen LogP contribution in [0, 0.1) is 0 Å². The van der Waals surface area contributed by atoms with Crippen LogP contribution in [0.1, 0.15) is 10.5 Å². The van der Waals surface area contributed by atoms with Crippen LogP contribution >= 0.6 is 0 Å². The van der Waals surface area contributed by atoms with Crippen LogP contribution in [-0.4, -0.2) is 20.5 Å². The third kappa shape index (κ3) is 1.31. The largest absolute Gasteiger partial charge is 0.364 e. The number of rotatable bonds is 1. The van der Waals surface area contributed by atoms with Gasteiger partial charge in [0.05, 0.1) is 10.9 Å². The fraction of sp³-hybridized carbons (Fsp3) is 0. The second-order valence-corrected chi connectivity index (χ2v) is 3.67. The number of hydrogen-bond donors (Lipinski definition) is 2. The number of nitrogens with one attached hydrogen (secondary N) is 1. The molecular formula is C11H8N4O2. The Kier molecular flexibility index (Phi) is 1.79. The van der Waals surface area contributed by atoms with Crippen molar-refractivity contribution in [1.29, 1.82) is 0 Å². The molecule has 3 aromatic rings. The summed E-state index contributed by atoms with van der Waals surface area (Å²) in [5.74, 6) is -0.662. The first-order valence-corrected chi connectivity index (χ1v) is 4.97. The standard InChI is InChI=1S/C11H8N4O2/c12-10(16)8-5-9-13-7-4-2-1-3-6(7)11(17)15(9)14-8/h1-5,13H,(H2,12,16). The monoisotopic (exact) mass is 228 g/mol. The summed E-state index contributed by atoms with van der Waals surface area (Å²) in [6.07, 6.45) is 0. The van der Waals surface area contributed by atoms with Crippen LogP contribution in [0.4, 0.5) is 0 Å². The lowest BCUT2D eigenvalue weighted by Crippen LogP contribution is -2.17. The van der Waals surface area contributed by atoms with Crippen molar-refractivity contribution < 1.29 is 4.79 Å². The summed E-state index contributed by atoms with van der Waals surface area (Å²) in [6.45, 7) is 0. The molecule has 0 atom stereocenters. The average molecular weight is 228 g/mol. The molecule has 17 heavy (non-hydrogen) atoms. The predicted octanol–water partition coefficient (Wildman–Crippen LogP) is 0.275. The molecule has 2 heterocycles. The molecule has 2 aromatic heterocycles. The molecule has 6 heteroatoms. The molecule has 0 saturated carbocycles. The lowest BCUT2D eigenvalue weighted by Gasteiger charge is -1.98. The lowest BCUT2D eigenvalue weighted by molar-refractivity contribution is 0.0995. The van der Waals surface area contributed by atoms with Crippen LogP contribution in [0.15, 0.2) is 35.1 Å². The second kappa shape index (κ2) is 3.18. The molecule has 3 rings (SSSR count). The number of nitrogens with two attached hydrogens (primary N) is 1. The molecule has 0 spiro atoms. The predicted molar refractivity (Wildman–Crippen MR) is 61.8 cm³/mol. The second-order valence-electron chi connectivity index (χ2n) is 3.67. The maximum atomic E-state index is 12.1. The van der Waals surface area contributed by atoms with Gasteiger partial charge in [0, 0.05) is 6.07 Å². The number of hydrogen-bond acceptors (Lipinski definition) is 3. The van der Waals surface area contributed by atoms with E-state index in [9.17, 15) is 9.59 Å². The highest BCUT2D eigenvalue weighted by Crippen LogP contribution is 2.09. The normalized spacial score (nSPS) is 11.1. The Hall–Kier alpha value is -2.63. The van der Waals surface area contributed by atoms with Gasteiger partial charge in [0.1, 0.15) is 5.65 Å². The number of aromatic nitrogens is 3. The Morgan fingerprint density at radius 1 is 1.35 bits per heavy atom. The summed E-state index contributed by atoms with van der Waals surface area (Å²) < 4.78 is 1.14. The molecule has 84 valence electrons. The molecule has 0 aliphatic rings. The molecule has 1 amide bonds. The minimum Gasteiger partial charge on any atom is -0.364 e. The molecule has 0 bridgehead atoms. The topological polar surface area (TPSA) is 93.2 Å². The fourth-order valence-electron chi connectivity index (χ4n) is 1.78. The van der Waals surface area contributed by atoms with E-state index in [4.69, 9.17) is 5.73 Å². The van der Waals surface area contributed by atoms with E-state index in [1.54, 1.807) is 18.2 Å². The summed E-state index contributed by atoms with van der Waals surface area (Å²) in [4.78, 5) is 26.1. The number of benzene rings is 1. The van der Waals surface area contributed by atoms with Gasteiger partial charge in [-0.25, -0.2) is 0 Å². The van der Waals surface area contributed by atoms with E-state index in [0.717, 1.165) is 4.52 Å². The van der Waals surface area contributed by atoms with Gasteiger partial charge in [-0.3, -0.25) is 9.59 Å². The molecule has 6 nitrogen and oxygen atoms in total. The SMILES string of the molecule is NC(=O)c1cc2[nH]c3ccccc3c(=O)n2n1. The van der Waals surface area contributed by atoms with Crippen molar-refractivity contribution in [2.45, 2.75) is 0 Å². The van der Waals surface area contributed by atoms with Gasteiger partial charge >= 0.3 is 0 Å². The zero-order valence-corrected chi connectivity index (χ0v) is 8.68. The number of carbonyl (C=O) groups is 1. The van der Waals surface area contributed by atoms with Crippen molar-refractivity contribution in [2.75, 3.05) is 0 Å². The molecule has 0 aliphatic heterocycles. The van der Waals surface area contributed by atoms with E-state index in [1.165, 1.54) is 6.07 Å². The zero-order valence-electron chi connectivity index (χ0n) is 8.68. The van der Waals surface area contributed by atoms with Crippen molar-refractivity contribution in [2.24, 2.45) is 5.73 Å². The molecule has 0 unspecified atom stereocenters. The van der Waals surface area contributed by atoms with Gasteiger partial charge in [-0.2, -0.15) is 9.61 Å². The Labute approximate surface area is 94.7 Å². The number of H-pyrrole nitrogens is 1. The molecule has 0 fully saturated rings. The van der Waals surface area contributed by atoms with Gasteiger partial charge in [0.2, 0.25) is 0 Å². The first-order valence-electron chi connectivity index (χ1n) is 4.97. The molecule has 0 saturated heterocycles. The minimum absolute atomic E-state index is 0.0636. The zero-order chi connectivity index (χ0) is 12.0. The van der Waals surface area contributed by atoms with E-state index in [1.807, 2.05) is 6.07 Å². The van der Waals surface area contributed by atoms with Crippen LogP contribution in [0.2, 0.25) is 0 Å². The van der Waals surface area contributed by atoms with E-state index in [-0.39, 0.29) is 11.3 Å². The number of para-hydroxylation sites is 1. The summed E-state index contributed by atoms with van der Waals surface area (Å²) >= 11 is 0. The summed E-state index contributed by atoms with van der Waals surface area (Å²) in [5, 5.41) is 4.37. The number of fused-ring (bicyclic) bond motifs is 2. The first-order chi connectivity index (χ1) is 8.16. The summed E-state index contributed by atoms with van der Waals surface area (Å²) in [6, 6.07) is 8.52. The van der Waals surface area contributed by atoms with Crippen molar-refractivity contribution >= 4 is 22.5 Å². The van der Waals surface area contributed by atoms with Crippen molar-refractivity contribution in [3.05, 3.63) is 46.4 Å². The van der Waals surface area contributed by atoms with Crippen molar-refractivity contribution in [3.8, 4) is 0 Å². The van der Waals surface area contributed by atoms with E-state index in [2.05, 4.69) is 10.1 Å². The van der Waals surface area contributed by atoms with Gasteiger partial charge in [0.15, 0.2) is 5.69 Å². The molecular weight excluding hydrogens is 220 g/mol. The third-order valence-electron chi connectivity index (χ3n) is 2.57. The van der Waals surface area contributed by atoms with E-state index >= 15 is 0 Å². The molecule has 3 N–H and O–H groups in total. The smallest absolute Gasteiger partial charge is 0.282 e. The van der Waals surface area contributed by atoms with Gasteiger partial charge in [0.25, 0.3) is 11.5 Å². The molecule has 0 aliphatic carbocycles. The highest BCUT2D eigenvalue weighted by molar-refractivity contribution is 5.92. The van der Waals surface area contributed by atoms with Crippen LogP contribution in [0.3, 0.4) is 0 Å². The van der Waals surface area contributed by atoms with Crippen molar-refractivity contribution in [1.82, 2.24) is 14.6 Å². The van der Waals surface area contributed by atoms with Gasteiger partial charge in [-0.1, -0.05) is 12.1 Å². The lowest BCUT2D eigenvalue weighted by atomic mass is 10.2. The maximum Gasteiger partial charge on any atom is 0.282 e. The average Bonchev–Trinajstić information content (AvgIpc) is 2.74. The van der Waals surface area contributed by atoms with Crippen LogP contribution in [-0.2, 0) is 0 Å². The Morgan fingerprint density at radius 3 is 2.88 bits per heavy atom. The van der Waals surface area contributed by atoms with Crippen LogP contribution < -0.4 is 11.3 Å². The van der Waals surface area contributed by atoms with E-state index in [0.29, 0.717) is 16.6 Å².